The molecule has 1 aromatic rings. The van der Waals surface area contributed by atoms with Crippen LogP contribution < -0.4 is 11.1 Å². The summed E-state index contributed by atoms with van der Waals surface area (Å²) in [7, 11) is 0. The van der Waals surface area contributed by atoms with Crippen molar-refractivity contribution >= 4 is 28.3 Å². The first kappa shape index (κ1) is 13.0. The Balaban J connectivity index is 1.98. The summed E-state index contributed by atoms with van der Waals surface area (Å²) in [5.41, 5.74) is 6.52. The van der Waals surface area contributed by atoms with Crippen LogP contribution in [-0.4, -0.2) is 28.0 Å². The molecule has 1 unspecified atom stereocenters. The fourth-order valence-corrected chi connectivity index (χ4v) is 2.94. The molecule has 0 radical (unpaired) electrons. The lowest BCUT2D eigenvalue weighted by Gasteiger charge is -2.07. The Morgan fingerprint density at radius 2 is 2.17 bits per heavy atom. The number of nitrogens with zero attached hydrogens (tertiary/aromatic N) is 1. The summed E-state index contributed by atoms with van der Waals surface area (Å²) < 4.78 is 0. The molecule has 0 fully saturated rings. The lowest BCUT2D eigenvalue weighted by atomic mass is 10.0. The molecule has 0 saturated carbocycles. The van der Waals surface area contributed by atoms with E-state index in [0.717, 1.165) is 31.4 Å². The molecule has 98 valence electrons. The number of amides is 1. The van der Waals surface area contributed by atoms with Gasteiger partial charge < -0.3 is 16.2 Å². The van der Waals surface area contributed by atoms with E-state index < -0.39 is 17.9 Å². The number of aryl methyl sites for hydroxylation is 2. The molecule has 1 aromatic heterocycles. The standard InChI is InChI=1S/C11H15N3O3S/c12-6(5-9(15)16)10(17)14-11-13-7-3-1-2-4-8(7)18-11/h6H,1-5,12H2,(H,15,16)(H,13,14,17). The summed E-state index contributed by atoms with van der Waals surface area (Å²) >= 11 is 1.45. The van der Waals surface area contributed by atoms with Gasteiger partial charge in [-0.3, -0.25) is 9.59 Å². The maximum Gasteiger partial charge on any atom is 0.305 e. The summed E-state index contributed by atoms with van der Waals surface area (Å²) in [4.78, 5) is 27.6. The first-order chi connectivity index (χ1) is 8.56. The van der Waals surface area contributed by atoms with Gasteiger partial charge in [0.25, 0.3) is 0 Å². The number of nitrogens with one attached hydrogen (secondary N) is 1. The SMILES string of the molecule is NC(CC(=O)O)C(=O)Nc1nc2c(s1)CCCC2. The minimum atomic E-state index is -1.09. The molecular formula is C11H15N3O3S. The van der Waals surface area contributed by atoms with Crippen LogP contribution in [0.1, 0.15) is 29.8 Å². The van der Waals surface area contributed by atoms with Crippen molar-refractivity contribution in [3.8, 4) is 0 Å². The molecule has 1 atom stereocenters. The molecule has 0 bridgehead atoms. The number of carboxylic acid groups (broad SMARTS) is 1. The fourth-order valence-electron chi connectivity index (χ4n) is 1.88. The van der Waals surface area contributed by atoms with Gasteiger partial charge in [-0.1, -0.05) is 0 Å². The highest BCUT2D eigenvalue weighted by Gasteiger charge is 2.20. The average Bonchev–Trinajstić information content (AvgIpc) is 2.69. The third-order valence-corrected chi connectivity index (χ3v) is 3.88. The number of carboxylic acids is 1. The number of hydrogen-bond acceptors (Lipinski definition) is 5. The second-order valence-corrected chi connectivity index (χ2v) is 5.37. The fraction of sp³-hybridized carbons (Fsp3) is 0.545. The van der Waals surface area contributed by atoms with Crippen LogP contribution in [-0.2, 0) is 22.4 Å². The number of thiazole rings is 1. The quantitative estimate of drug-likeness (QED) is 0.748. The number of nitrogens with two attached hydrogens (primary N) is 1. The average molecular weight is 269 g/mol. The van der Waals surface area contributed by atoms with Crippen molar-refractivity contribution in [3.63, 3.8) is 0 Å². The lowest BCUT2D eigenvalue weighted by Crippen LogP contribution is -2.37. The molecule has 6 nitrogen and oxygen atoms in total. The molecule has 0 spiro atoms. The number of rotatable bonds is 4. The Morgan fingerprint density at radius 1 is 1.44 bits per heavy atom. The van der Waals surface area contributed by atoms with Crippen molar-refractivity contribution in [2.75, 3.05) is 5.32 Å². The summed E-state index contributed by atoms with van der Waals surface area (Å²) in [6, 6.07) is -1.04. The molecule has 1 heterocycles. The molecule has 0 saturated heterocycles. The molecule has 2 rings (SSSR count). The van der Waals surface area contributed by atoms with Gasteiger partial charge in [0.2, 0.25) is 5.91 Å². The molecule has 18 heavy (non-hydrogen) atoms. The van der Waals surface area contributed by atoms with Crippen molar-refractivity contribution in [3.05, 3.63) is 10.6 Å². The van der Waals surface area contributed by atoms with Gasteiger partial charge >= 0.3 is 5.97 Å². The van der Waals surface area contributed by atoms with E-state index in [9.17, 15) is 9.59 Å². The van der Waals surface area contributed by atoms with E-state index in [1.807, 2.05) is 0 Å². The second-order valence-electron chi connectivity index (χ2n) is 4.29. The number of carbonyl (C=O) groups excluding carboxylic acids is 1. The summed E-state index contributed by atoms with van der Waals surface area (Å²) in [6.45, 7) is 0. The Labute approximate surface area is 108 Å². The van der Waals surface area contributed by atoms with Crippen LogP contribution in [0.3, 0.4) is 0 Å². The molecular weight excluding hydrogens is 254 g/mol. The van der Waals surface area contributed by atoms with Crippen LogP contribution in [0.25, 0.3) is 0 Å². The van der Waals surface area contributed by atoms with Crippen LogP contribution in [0.5, 0.6) is 0 Å². The van der Waals surface area contributed by atoms with Gasteiger partial charge in [-0.15, -0.1) is 11.3 Å². The predicted molar refractivity (Wildman–Crippen MR) is 67.6 cm³/mol. The smallest absolute Gasteiger partial charge is 0.305 e. The molecule has 4 N–H and O–H groups in total. The zero-order chi connectivity index (χ0) is 13.1. The van der Waals surface area contributed by atoms with Crippen LogP contribution in [0.2, 0.25) is 0 Å². The summed E-state index contributed by atoms with van der Waals surface area (Å²) in [5, 5.41) is 11.7. The van der Waals surface area contributed by atoms with Crippen molar-refractivity contribution in [2.45, 2.75) is 38.1 Å². The minimum Gasteiger partial charge on any atom is -0.481 e. The second kappa shape index (κ2) is 5.45. The van der Waals surface area contributed by atoms with Crippen LogP contribution in [0.15, 0.2) is 0 Å². The molecule has 0 aliphatic heterocycles. The first-order valence-electron chi connectivity index (χ1n) is 5.83. The largest absolute Gasteiger partial charge is 0.481 e. The number of anilines is 1. The van der Waals surface area contributed by atoms with Crippen molar-refractivity contribution in [1.29, 1.82) is 0 Å². The molecule has 1 amide bonds. The molecule has 0 aromatic carbocycles. The van der Waals surface area contributed by atoms with E-state index >= 15 is 0 Å². The van der Waals surface area contributed by atoms with E-state index in [-0.39, 0.29) is 6.42 Å². The Kier molecular flexibility index (Phi) is 3.93. The number of aromatic nitrogens is 1. The molecule has 1 aliphatic rings. The Bertz CT molecular complexity index is 449. The lowest BCUT2D eigenvalue weighted by molar-refractivity contribution is -0.138. The maximum absolute atomic E-state index is 11.6. The van der Waals surface area contributed by atoms with Crippen LogP contribution in [0.4, 0.5) is 5.13 Å². The number of hydrogen-bond donors (Lipinski definition) is 3. The Morgan fingerprint density at radius 3 is 2.83 bits per heavy atom. The monoisotopic (exact) mass is 269 g/mol. The van der Waals surface area contributed by atoms with Gasteiger partial charge in [-0.05, 0) is 25.7 Å². The first-order valence-corrected chi connectivity index (χ1v) is 6.64. The molecule has 1 aliphatic carbocycles. The summed E-state index contributed by atoms with van der Waals surface area (Å²) in [5.74, 6) is -1.58. The van der Waals surface area contributed by atoms with E-state index in [1.54, 1.807) is 0 Å². The van der Waals surface area contributed by atoms with Gasteiger partial charge in [0, 0.05) is 4.88 Å². The van der Waals surface area contributed by atoms with Gasteiger partial charge in [0.1, 0.15) is 0 Å². The van der Waals surface area contributed by atoms with Crippen LogP contribution >= 0.6 is 11.3 Å². The highest BCUT2D eigenvalue weighted by atomic mass is 32.1. The third kappa shape index (κ3) is 3.05. The number of carbonyl (C=O) groups is 2. The van der Waals surface area contributed by atoms with Crippen molar-refractivity contribution in [2.24, 2.45) is 5.73 Å². The normalized spacial score (nSPS) is 15.8. The summed E-state index contributed by atoms with van der Waals surface area (Å²) in [6.07, 6.45) is 3.85. The zero-order valence-corrected chi connectivity index (χ0v) is 10.6. The number of aliphatic carboxylic acids is 1. The third-order valence-electron chi connectivity index (χ3n) is 2.81. The topological polar surface area (TPSA) is 105 Å². The van der Waals surface area contributed by atoms with Crippen molar-refractivity contribution in [1.82, 2.24) is 4.98 Å². The van der Waals surface area contributed by atoms with E-state index in [0.29, 0.717) is 5.13 Å². The maximum atomic E-state index is 11.6. The highest BCUT2D eigenvalue weighted by molar-refractivity contribution is 7.15. The van der Waals surface area contributed by atoms with E-state index in [2.05, 4.69) is 10.3 Å². The van der Waals surface area contributed by atoms with Crippen molar-refractivity contribution < 1.29 is 14.7 Å². The minimum absolute atomic E-state index is 0.378. The number of fused-ring (bicyclic) bond motifs is 1. The zero-order valence-electron chi connectivity index (χ0n) is 9.81. The highest BCUT2D eigenvalue weighted by Crippen LogP contribution is 2.29. The van der Waals surface area contributed by atoms with E-state index in [1.165, 1.54) is 16.2 Å². The van der Waals surface area contributed by atoms with Crippen LogP contribution in [0, 0.1) is 0 Å². The van der Waals surface area contributed by atoms with Gasteiger partial charge in [0.05, 0.1) is 18.2 Å². The van der Waals surface area contributed by atoms with Gasteiger partial charge in [-0.25, -0.2) is 4.98 Å². The molecule has 7 heteroatoms. The van der Waals surface area contributed by atoms with Gasteiger partial charge in [0.15, 0.2) is 5.13 Å². The van der Waals surface area contributed by atoms with Gasteiger partial charge in [-0.2, -0.15) is 0 Å². The van der Waals surface area contributed by atoms with E-state index in [4.69, 9.17) is 10.8 Å². The predicted octanol–water partition coefficient (Wildman–Crippen LogP) is 0.762. The Hall–Kier alpha value is -1.47.